The number of hydrogen-bond acceptors (Lipinski definition) is 4. The Kier molecular flexibility index (Phi) is 13.1. The summed E-state index contributed by atoms with van der Waals surface area (Å²) in [6.07, 6.45) is 2.74. The number of nitrogens with one attached hydrogen (secondary N) is 2. The molecule has 2 amide bonds. The molecule has 2 aromatic carbocycles. The van der Waals surface area contributed by atoms with Crippen molar-refractivity contribution in [3.63, 3.8) is 0 Å². The molecule has 0 saturated heterocycles. The molecule has 0 aliphatic carbocycles. The minimum absolute atomic E-state index is 0.00591. The van der Waals surface area contributed by atoms with Crippen LogP contribution < -0.4 is 10.6 Å². The van der Waals surface area contributed by atoms with Crippen LogP contribution in [0.3, 0.4) is 0 Å². The van der Waals surface area contributed by atoms with Gasteiger partial charge in [-0.3, -0.25) is 9.59 Å². The Labute approximate surface area is 210 Å². The molecule has 0 saturated carbocycles. The zero-order valence-electron chi connectivity index (χ0n) is 21.7. The fourth-order valence-electron chi connectivity index (χ4n) is 4.19. The predicted octanol–water partition coefficient (Wildman–Crippen LogP) is 5.22. The zero-order chi connectivity index (χ0) is 25.5. The summed E-state index contributed by atoms with van der Waals surface area (Å²) in [5.74, 6) is 0.0395. The van der Waals surface area contributed by atoms with Gasteiger partial charge in [-0.1, -0.05) is 88.4 Å². The normalized spacial score (nSPS) is 13.0. The summed E-state index contributed by atoms with van der Waals surface area (Å²) >= 11 is 0. The minimum Gasteiger partial charge on any atom is -0.361 e. The van der Waals surface area contributed by atoms with Crippen molar-refractivity contribution in [1.82, 2.24) is 10.6 Å². The topological polar surface area (TPSA) is 76.7 Å². The van der Waals surface area contributed by atoms with Gasteiger partial charge in [0.05, 0.1) is 11.8 Å². The van der Waals surface area contributed by atoms with Crippen LogP contribution in [0.4, 0.5) is 0 Å². The Morgan fingerprint density at radius 3 is 1.34 bits per heavy atom. The second kappa shape index (κ2) is 16.1. The van der Waals surface area contributed by atoms with E-state index in [1.165, 1.54) is 0 Å². The molecule has 0 aromatic heterocycles. The van der Waals surface area contributed by atoms with E-state index in [4.69, 9.17) is 9.47 Å². The van der Waals surface area contributed by atoms with Crippen LogP contribution >= 0.6 is 0 Å². The number of ether oxygens (including phenoxy) is 2. The molecule has 0 fully saturated rings. The van der Waals surface area contributed by atoms with Gasteiger partial charge >= 0.3 is 0 Å². The van der Waals surface area contributed by atoms with E-state index in [-0.39, 0.29) is 48.9 Å². The van der Waals surface area contributed by atoms with Crippen molar-refractivity contribution in [1.29, 1.82) is 0 Å². The van der Waals surface area contributed by atoms with E-state index < -0.39 is 0 Å². The van der Waals surface area contributed by atoms with Gasteiger partial charge in [0.25, 0.3) is 0 Å². The van der Waals surface area contributed by atoms with E-state index in [9.17, 15) is 9.59 Å². The minimum atomic E-state index is -0.180. The van der Waals surface area contributed by atoms with Crippen LogP contribution in [-0.4, -0.2) is 38.5 Å². The SMILES string of the molecule is CC(C)[C@H](C(=O)NCOCCCCCOCNC(=O)[C@@H](c1ccccc1)C(C)C)c1ccccc1. The molecule has 2 rings (SSSR count). The van der Waals surface area contributed by atoms with Crippen LogP contribution in [0.5, 0.6) is 0 Å². The van der Waals surface area contributed by atoms with Gasteiger partial charge in [0.1, 0.15) is 13.5 Å². The summed E-state index contributed by atoms with van der Waals surface area (Å²) in [6, 6.07) is 19.7. The lowest BCUT2D eigenvalue weighted by atomic mass is 9.88. The van der Waals surface area contributed by atoms with Crippen LogP contribution in [0.25, 0.3) is 0 Å². The molecule has 0 heterocycles. The lowest BCUT2D eigenvalue weighted by Gasteiger charge is -2.21. The second-order valence-electron chi connectivity index (χ2n) is 9.51. The largest absolute Gasteiger partial charge is 0.361 e. The summed E-state index contributed by atoms with van der Waals surface area (Å²) in [4.78, 5) is 25.2. The monoisotopic (exact) mass is 482 g/mol. The third-order valence-corrected chi connectivity index (χ3v) is 5.99. The van der Waals surface area contributed by atoms with E-state index in [2.05, 4.69) is 38.3 Å². The highest BCUT2D eigenvalue weighted by Gasteiger charge is 2.24. The van der Waals surface area contributed by atoms with Crippen LogP contribution in [0.1, 0.15) is 69.9 Å². The van der Waals surface area contributed by atoms with Gasteiger partial charge in [-0.05, 0) is 42.2 Å². The number of carbonyl (C=O) groups excluding carboxylic acids is 2. The first-order valence-corrected chi connectivity index (χ1v) is 12.7. The van der Waals surface area contributed by atoms with Crippen LogP contribution in [0.2, 0.25) is 0 Å². The highest BCUT2D eigenvalue weighted by atomic mass is 16.5. The maximum atomic E-state index is 12.6. The first-order valence-electron chi connectivity index (χ1n) is 12.7. The average molecular weight is 483 g/mol. The number of benzene rings is 2. The first-order chi connectivity index (χ1) is 16.9. The third kappa shape index (κ3) is 10.2. The summed E-state index contributed by atoms with van der Waals surface area (Å²) in [7, 11) is 0. The van der Waals surface area contributed by atoms with Crippen molar-refractivity contribution in [3.05, 3.63) is 71.8 Å². The number of hydrogen-bond donors (Lipinski definition) is 2. The summed E-state index contributed by atoms with van der Waals surface area (Å²) < 4.78 is 11.2. The molecule has 6 heteroatoms. The van der Waals surface area contributed by atoms with E-state index >= 15 is 0 Å². The van der Waals surface area contributed by atoms with Crippen LogP contribution in [0.15, 0.2) is 60.7 Å². The van der Waals surface area contributed by atoms with Crippen molar-refractivity contribution in [2.75, 3.05) is 26.7 Å². The van der Waals surface area contributed by atoms with Crippen molar-refractivity contribution < 1.29 is 19.1 Å². The molecule has 0 bridgehead atoms. The molecule has 0 aliphatic heterocycles. The van der Waals surface area contributed by atoms with Crippen molar-refractivity contribution in [2.24, 2.45) is 11.8 Å². The van der Waals surface area contributed by atoms with Gasteiger partial charge in [-0.2, -0.15) is 0 Å². The molecule has 6 nitrogen and oxygen atoms in total. The number of amides is 2. The van der Waals surface area contributed by atoms with Crippen molar-refractivity contribution in [2.45, 2.75) is 58.8 Å². The molecule has 192 valence electrons. The summed E-state index contributed by atoms with van der Waals surface area (Å²) in [5.41, 5.74) is 2.05. The lowest BCUT2D eigenvalue weighted by molar-refractivity contribution is -0.126. The zero-order valence-corrected chi connectivity index (χ0v) is 21.7. The lowest BCUT2D eigenvalue weighted by Crippen LogP contribution is -2.33. The molecule has 2 N–H and O–H groups in total. The Hall–Kier alpha value is -2.70. The molecule has 0 spiro atoms. The number of carbonyl (C=O) groups is 2. The molecule has 0 radical (unpaired) electrons. The molecule has 0 aliphatic rings. The van der Waals surface area contributed by atoms with E-state index in [1.54, 1.807) is 0 Å². The van der Waals surface area contributed by atoms with Gasteiger partial charge < -0.3 is 20.1 Å². The Morgan fingerprint density at radius 2 is 1.00 bits per heavy atom. The Morgan fingerprint density at radius 1 is 0.629 bits per heavy atom. The summed E-state index contributed by atoms with van der Waals surface area (Å²) in [5, 5.41) is 5.79. The molecule has 35 heavy (non-hydrogen) atoms. The summed E-state index contributed by atoms with van der Waals surface area (Å²) in [6.45, 7) is 9.82. The molecule has 0 unspecified atom stereocenters. The van der Waals surface area contributed by atoms with Gasteiger partial charge in [-0.25, -0.2) is 0 Å². The molecular formula is C29H42N2O4. The molecule has 2 aromatic rings. The number of rotatable bonds is 16. The van der Waals surface area contributed by atoms with Gasteiger partial charge in [0, 0.05) is 13.2 Å². The maximum Gasteiger partial charge on any atom is 0.229 e. The molecular weight excluding hydrogens is 440 g/mol. The van der Waals surface area contributed by atoms with Crippen LogP contribution in [0, 0.1) is 11.8 Å². The van der Waals surface area contributed by atoms with E-state index in [1.807, 2.05) is 60.7 Å². The standard InChI is InChI=1S/C29H42N2O4/c1-22(2)26(24-14-8-5-9-15-24)28(32)30-20-34-18-12-7-13-19-35-21-31-29(33)27(23(3)4)25-16-10-6-11-17-25/h5-6,8-11,14-17,22-23,26-27H,7,12-13,18-21H2,1-4H3,(H,30,32)(H,31,33)/t26-,27+. The maximum absolute atomic E-state index is 12.6. The van der Waals surface area contributed by atoms with Gasteiger partial charge in [-0.15, -0.1) is 0 Å². The fraction of sp³-hybridized carbons (Fsp3) is 0.517. The Bertz CT molecular complexity index is 784. The highest BCUT2D eigenvalue weighted by molar-refractivity contribution is 5.84. The quantitative estimate of drug-likeness (QED) is 0.254. The molecule has 2 atom stereocenters. The van der Waals surface area contributed by atoms with E-state index in [0.29, 0.717) is 13.2 Å². The van der Waals surface area contributed by atoms with Gasteiger partial charge in [0.2, 0.25) is 11.8 Å². The van der Waals surface area contributed by atoms with Crippen LogP contribution in [-0.2, 0) is 19.1 Å². The number of unbranched alkanes of at least 4 members (excludes halogenated alkanes) is 2. The third-order valence-electron chi connectivity index (χ3n) is 5.99. The van der Waals surface area contributed by atoms with Gasteiger partial charge in [0.15, 0.2) is 0 Å². The first kappa shape index (κ1) is 28.5. The van der Waals surface area contributed by atoms with Crippen molar-refractivity contribution in [3.8, 4) is 0 Å². The second-order valence-corrected chi connectivity index (χ2v) is 9.51. The smallest absolute Gasteiger partial charge is 0.229 e. The average Bonchev–Trinajstić information content (AvgIpc) is 2.83. The Balaban J connectivity index is 1.52. The van der Waals surface area contributed by atoms with E-state index in [0.717, 1.165) is 30.4 Å². The van der Waals surface area contributed by atoms with Crippen molar-refractivity contribution >= 4 is 11.8 Å². The highest BCUT2D eigenvalue weighted by Crippen LogP contribution is 2.25. The fourth-order valence-corrected chi connectivity index (χ4v) is 4.19. The predicted molar refractivity (Wildman–Crippen MR) is 140 cm³/mol.